The molecule has 0 aliphatic carbocycles. The third-order valence-corrected chi connectivity index (χ3v) is 2.57. The van der Waals surface area contributed by atoms with Crippen LogP contribution in [0.25, 0.3) is 0 Å². The minimum absolute atomic E-state index is 0.630. The Morgan fingerprint density at radius 3 is 1.83 bits per heavy atom. The molecule has 0 atom stereocenters. The topological polar surface area (TPSA) is 36.3 Å². The molecule has 2 aromatic rings. The summed E-state index contributed by atoms with van der Waals surface area (Å²) in [6.45, 7) is 0. The van der Waals surface area contributed by atoms with Crippen LogP contribution in [-0.2, 0) is 0 Å². The average molecular weight is 238 g/mol. The van der Waals surface area contributed by atoms with E-state index in [-0.39, 0.29) is 0 Å². The highest BCUT2D eigenvalue weighted by Gasteiger charge is 1.99. The molecule has 0 amide bonds. The molecular weight excluding hydrogens is 224 g/mol. The molecule has 0 aromatic heterocycles. The van der Waals surface area contributed by atoms with Gasteiger partial charge in [-0.15, -0.1) is 0 Å². The molecule has 0 spiro atoms. The van der Waals surface area contributed by atoms with Gasteiger partial charge in [-0.25, -0.2) is 0 Å². The van der Waals surface area contributed by atoms with Crippen LogP contribution in [0.5, 0.6) is 11.5 Å². The molecule has 0 unspecified atom stereocenters. The number of hydrogen-bond acceptors (Lipinski definition) is 3. The number of benzene rings is 2. The van der Waals surface area contributed by atoms with Crippen molar-refractivity contribution >= 4 is 5.69 Å². The molecule has 0 fully saturated rings. The maximum absolute atomic E-state index is 8.71. The van der Waals surface area contributed by atoms with E-state index in [0.717, 1.165) is 17.2 Å². The van der Waals surface area contributed by atoms with E-state index in [1.165, 1.54) is 0 Å². The molecule has 0 radical (unpaired) electrons. The summed E-state index contributed by atoms with van der Waals surface area (Å²) >= 11 is 0. The minimum Gasteiger partial charge on any atom is -0.457 e. The Morgan fingerprint density at radius 1 is 0.889 bits per heavy atom. The SMILES string of the molecule is CN(C)c1ccc(Oc2ccc(C#N)cc2)cc1. The van der Waals surface area contributed by atoms with Crippen LogP contribution in [0.1, 0.15) is 5.56 Å². The lowest BCUT2D eigenvalue weighted by atomic mass is 10.2. The van der Waals surface area contributed by atoms with Gasteiger partial charge in [0, 0.05) is 19.8 Å². The standard InChI is InChI=1S/C15H14N2O/c1-17(2)13-5-9-15(10-6-13)18-14-7-3-12(11-16)4-8-14/h3-10H,1-2H3. The summed E-state index contributed by atoms with van der Waals surface area (Å²) in [6.07, 6.45) is 0. The van der Waals surface area contributed by atoms with Crippen molar-refractivity contribution in [1.82, 2.24) is 0 Å². The van der Waals surface area contributed by atoms with Gasteiger partial charge in [-0.05, 0) is 48.5 Å². The molecule has 3 heteroatoms. The molecule has 2 rings (SSSR count). The Morgan fingerprint density at radius 2 is 1.39 bits per heavy atom. The Labute approximate surface area is 107 Å². The molecule has 0 saturated heterocycles. The average Bonchev–Trinajstić information content (AvgIpc) is 2.40. The van der Waals surface area contributed by atoms with Crippen molar-refractivity contribution < 1.29 is 4.74 Å². The van der Waals surface area contributed by atoms with Gasteiger partial charge < -0.3 is 9.64 Å². The number of nitrogens with zero attached hydrogens (tertiary/aromatic N) is 2. The summed E-state index contributed by atoms with van der Waals surface area (Å²) in [5, 5.41) is 8.71. The highest BCUT2D eigenvalue weighted by molar-refractivity contribution is 5.48. The van der Waals surface area contributed by atoms with Crippen molar-refractivity contribution in [2.75, 3.05) is 19.0 Å². The highest BCUT2D eigenvalue weighted by Crippen LogP contribution is 2.23. The van der Waals surface area contributed by atoms with Crippen LogP contribution in [0.3, 0.4) is 0 Å². The van der Waals surface area contributed by atoms with Gasteiger partial charge >= 0.3 is 0 Å². The van der Waals surface area contributed by atoms with E-state index in [9.17, 15) is 0 Å². The first-order valence-corrected chi connectivity index (χ1v) is 5.64. The van der Waals surface area contributed by atoms with Gasteiger partial charge in [0.05, 0.1) is 11.6 Å². The molecule has 3 nitrogen and oxygen atoms in total. The van der Waals surface area contributed by atoms with Crippen LogP contribution >= 0.6 is 0 Å². The number of nitriles is 1. The minimum atomic E-state index is 0.630. The fraction of sp³-hybridized carbons (Fsp3) is 0.133. The first kappa shape index (κ1) is 12.0. The summed E-state index contributed by atoms with van der Waals surface area (Å²) in [5.74, 6) is 1.51. The number of anilines is 1. The summed E-state index contributed by atoms with van der Waals surface area (Å²) < 4.78 is 5.68. The number of hydrogen-bond donors (Lipinski definition) is 0. The number of rotatable bonds is 3. The van der Waals surface area contributed by atoms with Crippen molar-refractivity contribution in [3.63, 3.8) is 0 Å². The number of ether oxygens (including phenoxy) is 1. The normalized spacial score (nSPS) is 9.61. The fourth-order valence-corrected chi connectivity index (χ4v) is 1.55. The lowest BCUT2D eigenvalue weighted by Gasteiger charge is -2.13. The van der Waals surface area contributed by atoms with E-state index < -0.39 is 0 Å². The van der Waals surface area contributed by atoms with Crippen molar-refractivity contribution in [3.8, 4) is 17.6 Å². The first-order valence-electron chi connectivity index (χ1n) is 5.64. The first-order chi connectivity index (χ1) is 8.69. The van der Waals surface area contributed by atoms with E-state index in [1.807, 2.05) is 43.3 Å². The third-order valence-electron chi connectivity index (χ3n) is 2.57. The van der Waals surface area contributed by atoms with E-state index in [1.54, 1.807) is 24.3 Å². The Bertz CT molecular complexity index is 551. The predicted molar refractivity (Wildman–Crippen MR) is 72.0 cm³/mol. The van der Waals surface area contributed by atoms with E-state index in [4.69, 9.17) is 10.00 Å². The van der Waals surface area contributed by atoms with Crippen LogP contribution in [0.2, 0.25) is 0 Å². The molecule has 90 valence electrons. The molecule has 0 aliphatic rings. The highest BCUT2D eigenvalue weighted by atomic mass is 16.5. The van der Waals surface area contributed by atoms with Crippen LogP contribution in [0, 0.1) is 11.3 Å². The van der Waals surface area contributed by atoms with Crippen molar-refractivity contribution in [2.45, 2.75) is 0 Å². The van der Waals surface area contributed by atoms with E-state index in [2.05, 4.69) is 6.07 Å². The summed E-state index contributed by atoms with van der Waals surface area (Å²) in [5.41, 5.74) is 1.76. The molecule has 0 heterocycles. The molecule has 18 heavy (non-hydrogen) atoms. The Hall–Kier alpha value is -2.47. The van der Waals surface area contributed by atoms with Gasteiger partial charge in [0.15, 0.2) is 0 Å². The zero-order valence-electron chi connectivity index (χ0n) is 10.4. The molecular formula is C15H14N2O. The molecule has 0 saturated carbocycles. The summed E-state index contributed by atoms with van der Waals surface area (Å²) in [6, 6.07) is 17.0. The molecule has 0 aliphatic heterocycles. The van der Waals surface area contributed by atoms with E-state index >= 15 is 0 Å². The van der Waals surface area contributed by atoms with E-state index in [0.29, 0.717) is 5.56 Å². The van der Waals surface area contributed by atoms with Crippen LogP contribution in [0.4, 0.5) is 5.69 Å². The molecule has 2 aromatic carbocycles. The van der Waals surface area contributed by atoms with Crippen LogP contribution in [0.15, 0.2) is 48.5 Å². The van der Waals surface area contributed by atoms with Crippen LogP contribution < -0.4 is 9.64 Å². The lowest BCUT2D eigenvalue weighted by Crippen LogP contribution is -2.07. The van der Waals surface area contributed by atoms with Gasteiger partial charge in [0.2, 0.25) is 0 Å². The Kier molecular flexibility index (Phi) is 3.49. The Balaban J connectivity index is 2.11. The molecule has 0 bridgehead atoms. The van der Waals surface area contributed by atoms with Gasteiger partial charge in [-0.2, -0.15) is 5.26 Å². The zero-order chi connectivity index (χ0) is 13.0. The second-order valence-electron chi connectivity index (χ2n) is 4.13. The van der Waals surface area contributed by atoms with Gasteiger partial charge in [0.1, 0.15) is 11.5 Å². The lowest BCUT2D eigenvalue weighted by molar-refractivity contribution is 0.482. The maximum Gasteiger partial charge on any atom is 0.127 e. The third kappa shape index (κ3) is 2.80. The summed E-state index contributed by atoms with van der Waals surface area (Å²) in [4.78, 5) is 2.03. The summed E-state index contributed by atoms with van der Waals surface area (Å²) in [7, 11) is 3.99. The van der Waals surface area contributed by atoms with Crippen molar-refractivity contribution in [2.24, 2.45) is 0 Å². The second-order valence-corrected chi connectivity index (χ2v) is 4.13. The largest absolute Gasteiger partial charge is 0.457 e. The monoisotopic (exact) mass is 238 g/mol. The van der Waals surface area contributed by atoms with Gasteiger partial charge in [-0.1, -0.05) is 0 Å². The van der Waals surface area contributed by atoms with Gasteiger partial charge in [0.25, 0.3) is 0 Å². The van der Waals surface area contributed by atoms with Gasteiger partial charge in [-0.3, -0.25) is 0 Å². The molecule has 0 N–H and O–H groups in total. The van der Waals surface area contributed by atoms with Crippen LogP contribution in [-0.4, -0.2) is 14.1 Å². The predicted octanol–water partition coefficient (Wildman–Crippen LogP) is 3.42. The fourth-order valence-electron chi connectivity index (χ4n) is 1.55. The maximum atomic E-state index is 8.71. The second kappa shape index (κ2) is 5.24. The quantitative estimate of drug-likeness (QED) is 0.822. The van der Waals surface area contributed by atoms with Crippen molar-refractivity contribution in [3.05, 3.63) is 54.1 Å². The zero-order valence-corrected chi connectivity index (χ0v) is 10.4. The smallest absolute Gasteiger partial charge is 0.127 e. The van der Waals surface area contributed by atoms with Crippen molar-refractivity contribution in [1.29, 1.82) is 5.26 Å².